The summed E-state index contributed by atoms with van der Waals surface area (Å²) in [5, 5.41) is 5.29. The third-order valence-electron chi connectivity index (χ3n) is 3.89. The molecule has 0 aliphatic heterocycles. The van der Waals surface area contributed by atoms with Crippen molar-refractivity contribution in [2.45, 2.75) is 32.4 Å². The molecular weight excluding hydrogens is 266 g/mol. The van der Waals surface area contributed by atoms with Crippen LogP contribution in [0.5, 0.6) is 0 Å². The van der Waals surface area contributed by atoms with Crippen molar-refractivity contribution in [1.29, 1.82) is 0 Å². The molecule has 0 radical (unpaired) electrons. The van der Waals surface area contributed by atoms with Crippen LogP contribution in [0.15, 0.2) is 29.1 Å². The lowest BCUT2D eigenvalue weighted by atomic mass is 10.3. The molecule has 0 unspecified atom stereocenters. The topological polar surface area (TPSA) is 60.0 Å². The maximum Gasteiger partial charge on any atom is 0.163 e. The van der Waals surface area contributed by atoms with E-state index < -0.39 is 0 Å². The van der Waals surface area contributed by atoms with E-state index >= 15 is 0 Å². The molecular formula is C15H17N5O. The highest BCUT2D eigenvalue weighted by atomic mass is 16.3. The molecule has 6 heteroatoms. The van der Waals surface area contributed by atoms with Crippen molar-refractivity contribution in [3.63, 3.8) is 0 Å². The lowest BCUT2D eigenvalue weighted by Crippen LogP contribution is -2.26. The maximum atomic E-state index is 5.72. The Morgan fingerprint density at radius 2 is 2.19 bits per heavy atom. The first kappa shape index (κ1) is 12.4. The monoisotopic (exact) mass is 283 g/mol. The first-order chi connectivity index (χ1) is 10.2. The van der Waals surface area contributed by atoms with Crippen molar-refractivity contribution in [2.75, 3.05) is 4.90 Å². The van der Waals surface area contributed by atoms with Crippen LogP contribution in [0.4, 0.5) is 5.82 Å². The minimum absolute atomic E-state index is 0.536. The minimum Gasteiger partial charge on any atom is -0.464 e. The van der Waals surface area contributed by atoms with Gasteiger partial charge in [-0.3, -0.25) is 4.68 Å². The van der Waals surface area contributed by atoms with Gasteiger partial charge in [0.2, 0.25) is 0 Å². The number of anilines is 1. The quantitative estimate of drug-likeness (QED) is 0.736. The van der Waals surface area contributed by atoms with Crippen molar-refractivity contribution in [3.8, 4) is 0 Å². The van der Waals surface area contributed by atoms with Gasteiger partial charge in [-0.05, 0) is 31.9 Å². The fourth-order valence-corrected chi connectivity index (χ4v) is 2.68. The van der Waals surface area contributed by atoms with Gasteiger partial charge in [0.15, 0.2) is 5.65 Å². The Hall–Kier alpha value is -2.37. The van der Waals surface area contributed by atoms with Gasteiger partial charge in [-0.2, -0.15) is 5.10 Å². The number of rotatable bonds is 4. The van der Waals surface area contributed by atoms with Gasteiger partial charge in [0.05, 0.1) is 18.1 Å². The van der Waals surface area contributed by atoms with Gasteiger partial charge in [0, 0.05) is 13.1 Å². The lowest BCUT2D eigenvalue weighted by molar-refractivity contribution is 0.476. The second-order valence-corrected chi connectivity index (χ2v) is 5.57. The first-order valence-corrected chi connectivity index (χ1v) is 7.17. The van der Waals surface area contributed by atoms with Crippen molar-refractivity contribution >= 4 is 16.9 Å². The van der Waals surface area contributed by atoms with Crippen LogP contribution in [0.25, 0.3) is 11.0 Å². The number of hydrogen-bond acceptors (Lipinski definition) is 5. The molecule has 6 nitrogen and oxygen atoms in total. The van der Waals surface area contributed by atoms with E-state index in [9.17, 15) is 0 Å². The zero-order valence-electron chi connectivity index (χ0n) is 12.2. The van der Waals surface area contributed by atoms with E-state index in [-0.39, 0.29) is 0 Å². The average molecular weight is 283 g/mol. The van der Waals surface area contributed by atoms with Crippen molar-refractivity contribution < 1.29 is 4.42 Å². The van der Waals surface area contributed by atoms with Gasteiger partial charge >= 0.3 is 0 Å². The summed E-state index contributed by atoms with van der Waals surface area (Å²) in [5.74, 6) is 2.86. The van der Waals surface area contributed by atoms with E-state index in [0.29, 0.717) is 6.04 Å². The van der Waals surface area contributed by atoms with Gasteiger partial charge in [-0.25, -0.2) is 9.97 Å². The average Bonchev–Trinajstić information content (AvgIpc) is 3.14. The minimum atomic E-state index is 0.536. The summed E-state index contributed by atoms with van der Waals surface area (Å²) in [4.78, 5) is 11.1. The summed E-state index contributed by atoms with van der Waals surface area (Å²) in [6, 6.07) is 4.57. The molecule has 0 amide bonds. The van der Waals surface area contributed by atoms with E-state index in [0.717, 1.165) is 34.9 Å². The summed E-state index contributed by atoms with van der Waals surface area (Å²) < 4.78 is 7.51. The highest BCUT2D eigenvalue weighted by Crippen LogP contribution is 2.35. The highest BCUT2D eigenvalue weighted by molar-refractivity contribution is 5.86. The third kappa shape index (κ3) is 2.16. The number of furan rings is 1. The predicted octanol–water partition coefficient (Wildman–Crippen LogP) is 2.43. The molecule has 1 fully saturated rings. The molecule has 0 N–H and O–H groups in total. The van der Waals surface area contributed by atoms with Crippen molar-refractivity contribution in [3.05, 3.63) is 36.2 Å². The molecule has 21 heavy (non-hydrogen) atoms. The van der Waals surface area contributed by atoms with E-state index in [2.05, 4.69) is 20.0 Å². The first-order valence-electron chi connectivity index (χ1n) is 7.17. The van der Waals surface area contributed by atoms with Crippen LogP contribution in [0.2, 0.25) is 0 Å². The smallest absolute Gasteiger partial charge is 0.163 e. The summed E-state index contributed by atoms with van der Waals surface area (Å²) in [6.45, 7) is 2.70. The van der Waals surface area contributed by atoms with E-state index in [1.165, 1.54) is 12.8 Å². The molecule has 0 atom stereocenters. The van der Waals surface area contributed by atoms with Gasteiger partial charge in [-0.15, -0.1) is 0 Å². The number of fused-ring (bicyclic) bond motifs is 1. The Balaban J connectivity index is 1.75. The summed E-state index contributed by atoms with van der Waals surface area (Å²) in [6.07, 6.45) is 5.85. The molecule has 1 aliphatic carbocycles. The van der Waals surface area contributed by atoms with Crippen LogP contribution >= 0.6 is 0 Å². The van der Waals surface area contributed by atoms with Crippen LogP contribution < -0.4 is 4.90 Å². The predicted molar refractivity (Wildman–Crippen MR) is 79.0 cm³/mol. The maximum absolute atomic E-state index is 5.72. The Kier molecular flexibility index (Phi) is 2.70. The fraction of sp³-hybridized carbons (Fsp3) is 0.400. The van der Waals surface area contributed by atoms with Gasteiger partial charge in [0.25, 0.3) is 0 Å². The normalized spacial score (nSPS) is 14.8. The molecule has 1 aliphatic rings. The zero-order chi connectivity index (χ0) is 14.4. The summed E-state index contributed by atoms with van der Waals surface area (Å²) in [5.41, 5.74) is 0.862. The van der Waals surface area contributed by atoms with E-state index in [1.807, 2.05) is 32.3 Å². The van der Waals surface area contributed by atoms with Crippen LogP contribution in [0, 0.1) is 6.92 Å². The molecule has 3 aromatic heterocycles. The molecule has 1 saturated carbocycles. The second-order valence-electron chi connectivity index (χ2n) is 5.57. The standard InChI is InChI=1S/C15H17N5O/c1-10-3-6-12(21-10)8-20(11-4-5-11)15-13-7-18-19(2)14(13)16-9-17-15/h3,6-7,9,11H,4-5,8H2,1-2H3. The zero-order valence-corrected chi connectivity index (χ0v) is 12.2. The Morgan fingerprint density at radius 1 is 1.33 bits per heavy atom. The number of aryl methyl sites for hydroxylation is 2. The molecule has 0 aromatic carbocycles. The van der Waals surface area contributed by atoms with E-state index in [4.69, 9.17) is 4.42 Å². The van der Waals surface area contributed by atoms with E-state index in [1.54, 1.807) is 11.0 Å². The van der Waals surface area contributed by atoms with Crippen LogP contribution in [-0.4, -0.2) is 25.8 Å². The summed E-state index contributed by atoms with van der Waals surface area (Å²) >= 11 is 0. The van der Waals surface area contributed by atoms with Crippen molar-refractivity contribution in [1.82, 2.24) is 19.7 Å². The fourth-order valence-electron chi connectivity index (χ4n) is 2.68. The number of hydrogen-bond donors (Lipinski definition) is 0. The second kappa shape index (κ2) is 4.58. The highest BCUT2D eigenvalue weighted by Gasteiger charge is 2.32. The SMILES string of the molecule is Cc1ccc(CN(c2ncnc3c2cnn3C)C2CC2)o1. The van der Waals surface area contributed by atoms with Gasteiger partial charge in [0.1, 0.15) is 23.7 Å². The molecule has 3 heterocycles. The molecule has 0 bridgehead atoms. The third-order valence-corrected chi connectivity index (χ3v) is 3.89. The Morgan fingerprint density at radius 3 is 2.90 bits per heavy atom. The number of nitrogens with zero attached hydrogens (tertiary/aromatic N) is 5. The Labute approximate surface area is 122 Å². The Bertz CT molecular complexity index is 786. The molecule has 108 valence electrons. The lowest BCUT2D eigenvalue weighted by Gasteiger charge is -2.22. The van der Waals surface area contributed by atoms with Crippen LogP contribution in [0.3, 0.4) is 0 Å². The largest absolute Gasteiger partial charge is 0.464 e. The van der Waals surface area contributed by atoms with Crippen LogP contribution in [-0.2, 0) is 13.6 Å². The van der Waals surface area contributed by atoms with Crippen molar-refractivity contribution in [2.24, 2.45) is 7.05 Å². The van der Waals surface area contributed by atoms with Crippen LogP contribution in [0.1, 0.15) is 24.4 Å². The van der Waals surface area contributed by atoms with Gasteiger partial charge in [-0.1, -0.05) is 0 Å². The molecule has 0 saturated heterocycles. The van der Waals surface area contributed by atoms with Gasteiger partial charge < -0.3 is 9.32 Å². The molecule has 4 rings (SSSR count). The summed E-state index contributed by atoms with van der Waals surface area (Å²) in [7, 11) is 1.90. The molecule has 3 aromatic rings. The molecule has 0 spiro atoms. The number of aromatic nitrogens is 4.